The molecule has 1 N–H and O–H groups in total. The van der Waals surface area contributed by atoms with E-state index < -0.39 is 29.5 Å². The van der Waals surface area contributed by atoms with E-state index in [1.807, 2.05) is 19.0 Å². The summed E-state index contributed by atoms with van der Waals surface area (Å²) >= 11 is 0. The summed E-state index contributed by atoms with van der Waals surface area (Å²) in [7, 11) is 3.74. The standard InChI is InChI=1S/C20H24F3N3O/c1-14(17-9-8-16(21)12-19(17)23)24-20(27)26(11-10-25(2)3)13-15-6-4-5-7-18(15)22/h4-9,12,14H,10-11,13H2,1-3H3,(H,24,27). The minimum atomic E-state index is -0.725. The molecular weight excluding hydrogens is 355 g/mol. The van der Waals surface area contributed by atoms with Gasteiger partial charge in [0.15, 0.2) is 0 Å². The number of amides is 2. The third-order valence-corrected chi connectivity index (χ3v) is 4.19. The van der Waals surface area contributed by atoms with E-state index in [2.05, 4.69) is 5.32 Å². The Balaban J connectivity index is 2.13. The minimum absolute atomic E-state index is 0.0883. The average Bonchev–Trinajstić information content (AvgIpc) is 2.59. The van der Waals surface area contributed by atoms with Crippen LogP contribution in [-0.2, 0) is 6.54 Å². The summed E-state index contributed by atoms with van der Waals surface area (Å²) in [5, 5.41) is 2.70. The van der Waals surface area contributed by atoms with Crippen molar-refractivity contribution in [2.24, 2.45) is 0 Å². The van der Waals surface area contributed by atoms with E-state index in [0.717, 1.165) is 12.1 Å². The zero-order valence-electron chi connectivity index (χ0n) is 15.7. The van der Waals surface area contributed by atoms with Crippen LogP contribution in [0.3, 0.4) is 0 Å². The first kappa shape index (κ1) is 20.8. The molecule has 0 aliphatic rings. The maximum atomic E-state index is 14.0. The summed E-state index contributed by atoms with van der Waals surface area (Å²) in [5.74, 6) is -1.79. The monoisotopic (exact) mass is 379 g/mol. The molecule has 2 amide bonds. The molecule has 2 rings (SSSR count). The number of halogens is 3. The lowest BCUT2D eigenvalue weighted by Gasteiger charge is -2.27. The number of rotatable bonds is 7. The molecule has 0 saturated carbocycles. The first-order valence-electron chi connectivity index (χ1n) is 8.66. The Morgan fingerprint density at radius 2 is 1.74 bits per heavy atom. The maximum absolute atomic E-state index is 14.0. The van der Waals surface area contributed by atoms with Crippen LogP contribution in [-0.4, -0.2) is 43.0 Å². The Morgan fingerprint density at radius 1 is 1.04 bits per heavy atom. The number of likely N-dealkylation sites (N-methyl/N-ethyl adjacent to an activating group) is 1. The van der Waals surface area contributed by atoms with Gasteiger partial charge < -0.3 is 15.1 Å². The second-order valence-electron chi connectivity index (χ2n) is 6.65. The molecule has 2 aromatic rings. The summed E-state index contributed by atoms with van der Waals surface area (Å²) in [6.45, 7) is 2.65. The third-order valence-electron chi connectivity index (χ3n) is 4.19. The van der Waals surface area contributed by atoms with Crippen molar-refractivity contribution in [3.63, 3.8) is 0 Å². The zero-order chi connectivity index (χ0) is 20.0. The highest BCUT2D eigenvalue weighted by Gasteiger charge is 2.20. The van der Waals surface area contributed by atoms with E-state index >= 15 is 0 Å². The molecule has 0 aliphatic carbocycles. The van der Waals surface area contributed by atoms with E-state index in [9.17, 15) is 18.0 Å². The van der Waals surface area contributed by atoms with Crippen LogP contribution in [0, 0.1) is 17.5 Å². The van der Waals surface area contributed by atoms with Crippen molar-refractivity contribution >= 4 is 6.03 Å². The SMILES string of the molecule is CC(NC(=O)N(CCN(C)C)Cc1ccccc1F)c1ccc(F)cc1F. The number of carbonyl (C=O) groups excluding carboxylic acids is 1. The number of nitrogens with one attached hydrogen (secondary N) is 1. The molecule has 146 valence electrons. The fourth-order valence-corrected chi connectivity index (χ4v) is 2.61. The predicted octanol–water partition coefficient (Wildman–Crippen LogP) is 3.94. The van der Waals surface area contributed by atoms with Crippen molar-refractivity contribution in [1.82, 2.24) is 15.1 Å². The Labute approximate surface area is 157 Å². The van der Waals surface area contributed by atoms with Crippen LogP contribution in [0.4, 0.5) is 18.0 Å². The van der Waals surface area contributed by atoms with Crippen LogP contribution in [0.1, 0.15) is 24.1 Å². The Bertz CT molecular complexity index is 783. The van der Waals surface area contributed by atoms with Crippen LogP contribution in [0.15, 0.2) is 42.5 Å². The van der Waals surface area contributed by atoms with Gasteiger partial charge in [-0.25, -0.2) is 18.0 Å². The number of urea groups is 1. The van der Waals surface area contributed by atoms with Gasteiger partial charge >= 0.3 is 6.03 Å². The molecule has 0 aromatic heterocycles. The fourth-order valence-electron chi connectivity index (χ4n) is 2.61. The summed E-state index contributed by atoms with van der Waals surface area (Å²) in [6, 6.07) is 8.36. The predicted molar refractivity (Wildman–Crippen MR) is 98.7 cm³/mol. The van der Waals surface area contributed by atoms with Gasteiger partial charge in [0, 0.05) is 30.3 Å². The van der Waals surface area contributed by atoms with Crippen LogP contribution >= 0.6 is 0 Å². The summed E-state index contributed by atoms with van der Waals surface area (Å²) in [5.41, 5.74) is 0.579. The smallest absolute Gasteiger partial charge is 0.318 e. The maximum Gasteiger partial charge on any atom is 0.318 e. The van der Waals surface area contributed by atoms with Gasteiger partial charge in [-0.1, -0.05) is 24.3 Å². The highest BCUT2D eigenvalue weighted by atomic mass is 19.1. The first-order chi connectivity index (χ1) is 12.8. The fraction of sp³-hybridized carbons (Fsp3) is 0.350. The molecular formula is C20H24F3N3O. The largest absolute Gasteiger partial charge is 0.331 e. The van der Waals surface area contributed by atoms with Gasteiger partial charge in [-0.2, -0.15) is 0 Å². The summed E-state index contributed by atoms with van der Waals surface area (Å²) < 4.78 is 41.0. The van der Waals surface area contributed by atoms with Gasteiger partial charge in [0.1, 0.15) is 17.5 Å². The molecule has 1 unspecified atom stereocenters. The van der Waals surface area contributed by atoms with E-state index in [0.29, 0.717) is 18.7 Å². The van der Waals surface area contributed by atoms with Crippen molar-refractivity contribution in [2.45, 2.75) is 19.5 Å². The van der Waals surface area contributed by atoms with Crippen molar-refractivity contribution in [1.29, 1.82) is 0 Å². The lowest BCUT2D eigenvalue weighted by atomic mass is 10.1. The normalized spacial score (nSPS) is 12.1. The molecule has 2 aromatic carbocycles. The molecule has 0 radical (unpaired) electrons. The van der Waals surface area contributed by atoms with Gasteiger partial charge in [-0.15, -0.1) is 0 Å². The number of carbonyl (C=O) groups is 1. The van der Waals surface area contributed by atoms with Crippen LogP contribution in [0.2, 0.25) is 0 Å². The highest BCUT2D eigenvalue weighted by molar-refractivity contribution is 5.74. The topological polar surface area (TPSA) is 35.6 Å². The van der Waals surface area contributed by atoms with Gasteiger partial charge in [0.25, 0.3) is 0 Å². The van der Waals surface area contributed by atoms with E-state index in [1.165, 1.54) is 17.0 Å². The molecule has 0 heterocycles. The van der Waals surface area contributed by atoms with Crippen molar-refractivity contribution < 1.29 is 18.0 Å². The number of benzene rings is 2. The van der Waals surface area contributed by atoms with Gasteiger partial charge in [-0.05, 0) is 33.2 Å². The molecule has 0 bridgehead atoms. The van der Waals surface area contributed by atoms with Crippen molar-refractivity contribution in [3.8, 4) is 0 Å². The average molecular weight is 379 g/mol. The van der Waals surface area contributed by atoms with Gasteiger partial charge in [0.2, 0.25) is 0 Å². The molecule has 0 fully saturated rings. The molecule has 0 aliphatic heterocycles. The summed E-state index contributed by atoms with van der Waals surface area (Å²) in [4.78, 5) is 16.1. The molecule has 0 spiro atoms. The minimum Gasteiger partial charge on any atom is -0.331 e. The number of nitrogens with zero attached hydrogens (tertiary/aromatic N) is 2. The number of hydrogen-bond acceptors (Lipinski definition) is 2. The zero-order valence-corrected chi connectivity index (χ0v) is 15.7. The van der Waals surface area contributed by atoms with E-state index in [4.69, 9.17) is 0 Å². The molecule has 7 heteroatoms. The lowest BCUT2D eigenvalue weighted by Crippen LogP contribution is -2.43. The molecule has 27 heavy (non-hydrogen) atoms. The molecule has 0 saturated heterocycles. The van der Waals surface area contributed by atoms with Crippen molar-refractivity contribution in [2.75, 3.05) is 27.2 Å². The van der Waals surface area contributed by atoms with Crippen LogP contribution in [0.25, 0.3) is 0 Å². The van der Waals surface area contributed by atoms with E-state index in [1.54, 1.807) is 25.1 Å². The van der Waals surface area contributed by atoms with Crippen LogP contribution < -0.4 is 5.32 Å². The molecule has 4 nitrogen and oxygen atoms in total. The summed E-state index contributed by atoms with van der Waals surface area (Å²) in [6.07, 6.45) is 0. The number of hydrogen-bond donors (Lipinski definition) is 1. The molecule has 1 atom stereocenters. The third kappa shape index (κ3) is 5.99. The highest BCUT2D eigenvalue weighted by Crippen LogP contribution is 2.18. The first-order valence-corrected chi connectivity index (χ1v) is 8.66. The van der Waals surface area contributed by atoms with Crippen molar-refractivity contribution in [3.05, 3.63) is 71.0 Å². The lowest BCUT2D eigenvalue weighted by molar-refractivity contribution is 0.185. The second kappa shape index (κ2) is 9.41. The second-order valence-corrected chi connectivity index (χ2v) is 6.65. The Hall–Kier alpha value is -2.54. The van der Waals surface area contributed by atoms with Gasteiger partial charge in [0.05, 0.1) is 12.6 Å². The Morgan fingerprint density at radius 3 is 2.37 bits per heavy atom. The Kier molecular flexibility index (Phi) is 7.24. The van der Waals surface area contributed by atoms with E-state index in [-0.39, 0.29) is 12.1 Å². The quantitative estimate of drug-likeness (QED) is 0.791. The van der Waals surface area contributed by atoms with Gasteiger partial charge in [-0.3, -0.25) is 0 Å². The van der Waals surface area contributed by atoms with Crippen LogP contribution in [0.5, 0.6) is 0 Å².